The van der Waals surface area contributed by atoms with Gasteiger partial charge in [-0.05, 0) is 37.6 Å². The lowest BCUT2D eigenvalue weighted by molar-refractivity contribution is -0.143. The summed E-state index contributed by atoms with van der Waals surface area (Å²) in [6.45, 7) is 3.65. The molecule has 0 aromatic heterocycles. The molecular formula is C18H18Cl2N2O3S. The van der Waals surface area contributed by atoms with Crippen LogP contribution in [-0.2, 0) is 16.0 Å². The molecule has 8 heteroatoms. The highest BCUT2D eigenvalue weighted by Gasteiger charge is 2.22. The van der Waals surface area contributed by atoms with Crippen LogP contribution in [0.15, 0.2) is 47.0 Å². The number of esters is 1. The van der Waals surface area contributed by atoms with Crippen LogP contribution in [0, 0.1) is 4.91 Å². The summed E-state index contributed by atoms with van der Waals surface area (Å²) in [5.41, 5.74) is 2.03. The van der Waals surface area contributed by atoms with Crippen molar-refractivity contribution in [1.29, 1.82) is 0 Å². The Balaban J connectivity index is 2.09. The Labute approximate surface area is 166 Å². The maximum absolute atomic E-state index is 12.2. The number of benzene rings is 2. The van der Waals surface area contributed by atoms with Gasteiger partial charge in [-0.2, -0.15) is 0 Å². The molecular weight excluding hydrogens is 395 g/mol. The van der Waals surface area contributed by atoms with E-state index in [1.165, 1.54) is 0 Å². The molecule has 0 amide bonds. The van der Waals surface area contributed by atoms with Crippen LogP contribution in [-0.4, -0.2) is 17.3 Å². The quantitative estimate of drug-likeness (QED) is 0.326. The number of hydrogen-bond acceptors (Lipinski definition) is 6. The van der Waals surface area contributed by atoms with Crippen LogP contribution in [0.2, 0.25) is 10.0 Å². The molecule has 0 unspecified atom stereocenters. The van der Waals surface area contributed by atoms with Crippen LogP contribution in [0.5, 0.6) is 0 Å². The van der Waals surface area contributed by atoms with Crippen molar-refractivity contribution in [1.82, 2.24) is 0 Å². The number of carbonyl (C=O) groups is 1. The van der Waals surface area contributed by atoms with Crippen LogP contribution in [0.25, 0.3) is 0 Å². The molecule has 0 radical (unpaired) electrons. The second kappa shape index (κ2) is 9.26. The number of nitrogens with one attached hydrogen (secondary N) is 1. The van der Waals surface area contributed by atoms with Crippen molar-refractivity contribution in [2.24, 2.45) is 4.58 Å². The zero-order chi connectivity index (χ0) is 19.2. The molecule has 0 aliphatic heterocycles. The van der Waals surface area contributed by atoms with Crippen molar-refractivity contribution in [3.63, 3.8) is 0 Å². The van der Waals surface area contributed by atoms with E-state index in [0.29, 0.717) is 21.4 Å². The first-order chi connectivity index (χ1) is 12.3. The third kappa shape index (κ3) is 5.90. The van der Waals surface area contributed by atoms with Crippen LogP contribution in [0.4, 0.5) is 11.4 Å². The predicted molar refractivity (Wildman–Crippen MR) is 108 cm³/mol. The number of anilines is 2. The first kappa shape index (κ1) is 20.6. The van der Waals surface area contributed by atoms with E-state index >= 15 is 0 Å². The minimum absolute atomic E-state index is 0.0699. The second-order valence-electron chi connectivity index (χ2n) is 6.14. The highest BCUT2D eigenvalue weighted by molar-refractivity contribution is 7.99. The Morgan fingerprint density at radius 1 is 1.15 bits per heavy atom. The number of rotatable bonds is 8. The number of para-hydroxylation sites is 2. The average molecular weight is 413 g/mol. The Kier molecular flexibility index (Phi) is 7.32. The van der Waals surface area contributed by atoms with Gasteiger partial charge in [-0.15, -0.1) is 4.91 Å². The molecule has 1 N–H and O–H groups in total. The van der Waals surface area contributed by atoms with Gasteiger partial charge in [-0.3, -0.25) is 4.79 Å². The summed E-state index contributed by atoms with van der Waals surface area (Å²) < 4.78 is 7.50. The Morgan fingerprint density at radius 3 is 2.46 bits per heavy atom. The normalized spacial score (nSPS) is 11.1. The lowest BCUT2D eigenvalue weighted by Gasteiger charge is -2.19. The monoisotopic (exact) mass is 412 g/mol. The fraction of sp³-hybridized carbons (Fsp3) is 0.278. The van der Waals surface area contributed by atoms with E-state index in [4.69, 9.17) is 27.9 Å². The minimum Gasteiger partial charge on any atom is -0.464 e. The lowest BCUT2D eigenvalue weighted by atomic mass is 10.1. The standard InChI is InChI=1S/C18H18Cl2N2O3S/c1-18(2,26-22-24)11-25-16(23)10-12-6-3-4-9-15(12)21-17-13(19)7-5-8-14(17)20/h3-9,21H,10-11H2,1-2H3. The molecule has 0 saturated heterocycles. The van der Waals surface area contributed by atoms with Crippen molar-refractivity contribution in [2.45, 2.75) is 25.0 Å². The van der Waals surface area contributed by atoms with Gasteiger partial charge in [0, 0.05) is 22.2 Å². The molecule has 0 saturated carbocycles. The average Bonchev–Trinajstić information content (AvgIpc) is 2.58. The highest BCUT2D eigenvalue weighted by atomic mass is 35.5. The van der Waals surface area contributed by atoms with Crippen LogP contribution >= 0.6 is 35.1 Å². The summed E-state index contributed by atoms with van der Waals surface area (Å²) in [5, 5.41) is 4.14. The van der Waals surface area contributed by atoms with Crippen LogP contribution < -0.4 is 5.32 Å². The van der Waals surface area contributed by atoms with Crippen molar-refractivity contribution in [3.05, 3.63) is 63.0 Å². The number of hydrogen-bond donors (Lipinski definition) is 1. The Hall–Kier alpha value is -1.76. The molecule has 138 valence electrons. The summed E-state index contributed by atoms with van der Waals surface area (Å²) in [6.07, 6.45) is 0.0699. The van der Waals surface area contributed by atoms with Gasteiger partial charge in [0.2, 0.25) is 0 Å². The van der Waals surface area contributed by atoms with Gasteiger partial charge >= 0.3 is 5.97 Å². The zero-order valence-corrected chi connectivity index (χ0v) is 16.6. The lowest BCUT2D eigenvalue weighted by Crippen LogP contribution is -2.25. The topological polar surface area (TPSA) is 67.8 Å². The molecule has 0 spiro atoms. The van der Waals surface area contributed by atoms with Gasteiger partial charge in [0.25, 0.3) is 0 Å². The first-order valence-corrected chi connectivity index (χ1v) is 9.31. The smallest absolute Gasteiger partial charge is 0.310 e. The third-order valence-electron chi connectivity index (χ3n) is 3.44. The molecule has 2 rings (SSSR count). The number of halogens is 2. The summed E-state index contributed by atoms with van der Waals surface area (Å²) >= 11 is 13.2. The number of ether oxygens (including phenoxy) is 1. The Morgan fingerprint density at radius 2 is 1.81 bits per heavy atom. The van der Waals surface area contributed by atoms with E-state index in [0.717, 1.165) is 17.5 Å². The SMILES string of the molecule is CC(C)(COC(=O)Cc1ccccc1Nc1c(Cl)cccc1Cl)SN=O. The van der Waals surface area contributed by atoms with E-state index in [1.807, 2.05) is 24.3 Å². The molecule has 2 aromatic carbocycles. The van der Waals surface area contributed by atoms with E-state index < -0.39 is 10.7 Å². The van der Waals surface area contributed by atoms with Gasteiger partial charge in [0.15, 0.2) is 0 Å². The van der Waals surface area contributed by atoms with Gasteiger partial charge in [-0.25, -0.2) is 0 Å². The largest absolute Gasteiger partial charge is 0.464 e. The summed E-state index contributed by atoms with van der Waals surface area (Å²) in [7, 11) is 0. The van der Waals surface area contributed by atoms with E-state index in [2.05, 4.69) is 9.90 Å². The van der Waals surface area contributed by atoms with E-state index in [9.17, 15) is 9.70 Å². The zero-order valence-electron chi connectivity index (χ0n) is 14.3. The van der Waals surface area contributed by atoms with E-state index in [-0.39, 0.29) is 13.0 Å². The van der Waals surface area contributed by atoms with Gasteiger partial charge < -0.3 is 10.1 Å². The Bertz CT molecular complexity index is 780. The molecule has 0 aliphatic carbocycles. The maximum atomic E-state index is 12.2. The summed E-state index contributed by atoms with van der Waals surface area (Å²) in [4.78, 5) is 22.6. The third-order valence-corrected chi connectivity index (χ3v) is 4.76. The predicted octanol–water partition coefficient (Wildman–Crippen LogP) is 6.02. The van der Waals surface area contributed by atoms with Crippen molar-refractivity contribution in [2.75, 3.05) is 11.9 Å². The fourth-order valence-electron chi connectivity index (χ4n) is 2.14. The molecule has 0 bridgehead atoms. The van der Waals surface area contributed by atoms with E-state index in [1.54, 1.807) is 32.0 Å². The molecule has 5 nitrogen and oxygen atoms in total. The molecule has 0 atom stereocenters. The van der Waals surface area contributed by atoms with Crippen LogP contribution in [0.1, 0.15) is 19.4 Å². The van der Waals surface area contributed by atoms with Crippen LogP contribution in [0.3, 0.4) is 0 Å². The van der Waals surface area contributed by atoms with Gasteiger partial charge in [-0.1, -0.05) is 47.5 Å². The van der Waals surface area contributed by atoms with Gasteiger partial charge in [0.1, 0.15) is 6.61 Å². The number of carbonyl (C=O) groups excluding carboxylic acids is 1. The van der Waals surface area contributed by atoms with Crippen molar-refractivity contribution >= 4 is 52.5 Å². The highest BCUT2D eigenvalue weighted by Crippen LogP contribution is 2.33. The molecule has 26 heavy (non-hydrogen) atoms. The first-order valence-electron chi connectivity index (χ1n) is 7.78. The molecule has 0 fully saturated rings. The molecule has 2 aromatic rings. The second-order valence-corrected chi connectivity index (χ2v) is 8.39. The van der Waals surface area contributed by atoms with Crippen molar-refractivity contribution in [3.8, 4) is 0 Å². The fourth-order valence-corrected chi connectivity index (χ4v) is 2.94. The maximum Gasteiger partial charge on any atom is 0.310 e. The van der Waals surface area contributed by atoms with Gasteiger partial charge in [0.05, 0.1) is 26.9 Å². The number of nitroso groups, excluding NO2 is 1. The summed E-state index contributed by atoms with van der Waals surface area (Å²) in [5.74, 6) is -0.399. The molecule has 0 heterocycles. The molecule has 0 aliphatic rings. The minimum atomic E-state index is -0.569. The van der Waals surface area contributed by atoms with Crippen molar-refractivity contribution < 1.29 is 9.53 Å². The number of nitrogens with zero attached hydrogens (tertiary/aromatic N) is 1. The summed E-state index contributed by atoms with van der Waals surface area (Å²) in [6, 6.07) is 12.5.